The number of esters is 1. The predicted molar refractivity (Wildman–Crippen MR) is 122 cm³/mol. The highest BCUT2D eigenvalue weighted by Gasteiger charge is 2.51. The number of ether oxygens (including phenoxy) is 1. The summed E-state index contributed by atoms with van der Waals surface area (Å²) < 4.78 is 5.05. The van der Waals surface area contributed by atoms with Crippen LogP contribution < -0.4 is 5.32 Å². The second-order valence-corrected chi connectivity index (χ2v) is 9.95. The van der Waals surface area contributed by atoms with Crippen LogP contribution in [0.3, 0.4) is 0 Å². The number of aryl methyl sites for hydroxylation is 1. The number of ketones is 1. The fourth-order valence-corrected chi connectivity index (χ4v) is 6.17. The largest absolute Gasteiger partial charge is 0.468 e. The minimum atomic E-state index is -0.824. The molecule has 0 saturated carbocycles. The van der Waals surface area contributed by atoms with E-state index in [1.807, 2.05) is 32.0 Å². The first kappa shape index (κ1) is 19.9. The van der Waals surface area contributed by atoms with E-state index in [2.05, 4.69) is 34.7 Å². The summed E-state index contributed by atoms with van der Waals surface area (Å²) in [5.74, 6) is -1.67. The summed E-state index contributed by atoms with van der Waals surface area (Å²) in [4.78, 5) is 32.3. The molecule has 5 nitrogen and oxygen atoms in total. The van der Waals surface area contributed by atoms with Gasteiger partial charge in [-0.15, -0.1) is 11.3 Å². The van der Waals surface area contributed by atoms with Gasteiger partial charge in [0.05, 0.1) is 18.5 Å². The van der Waals surface area contributed by atoms with E-state index in [1.54, 1.807) is 17.5 Å². The van der Waals surface area contributed by atoms with Crippen LogP contribution in [-0.2, 0) is 14.3 Å². The Morgan fingerprint density at radius 3 is 2.77 bits per heavy atom. The molecule has 1 N–H and O–H groups in total. The van der Waals surface area contributed by atoms with Crippen molar-refractivity contribution in [2.45, 2.75) is 33.1 Å². The molecule has 3 aromatic rings. The summed E-state index contributed by atoms with van der Waals surface area (Å²) in [6.07, 6.45) is 2.38. The highest BCUT2D eigenvalue weighted by Crippen LogP contribution is 2.53. The fourth-order valence-electron chi connectivity index (χ4n) is 5.13. The van der Waals surface area contributed by atoms with Gasteiger partial charge in [0.2, 0.25) is 0 Å². The van der Waals surface area contributed by atoms with Crippen LogP contribution in [0.25, 0.3) is 10.9 Å². The van der Waals surface area contributed by atoms with Crippen LogP contribution in [0.15, 0.2) is 53.2 Å². The number of allylic oxidation sites excluding steroid dienone is 2. The number of fused-ring (bicyclic) bond motifs is 3. The third-order valence-corrected chi connectivity index (χ3v) is 7.64. The number of anilines is 1. The van der Waals surface area contributed by atoms with Gasteiger partial charge in [-0.1, -0.05) is 19.9 Å². The summed E-state index contributed by atoms with van der Waals surface area (Å²) >= 11 is 1.65. The molecule has 2 aromatic heterocycles. The summed E-state index contributed by atoms with van der Waals surface area (Å²) in [5.41, 5.74) is 5.12. The van der Waals surface area contributed by atoms with Crippen LogP contribution in [-0.4, -0.2) is 23.8 Å². The number of hydrogen-bond acceptors (Lipinski definition) is 6. The first-order chi connectivity index (χ1) is 14.8. The number of thiophene rings is 1. The van der Waals surface area contributed by atoms with Gasteiger partial charge in [-0.2, -0.15) is 0 Å². The van der Waals surface area contributed by atoms with Gasteiger partial charge in [-0.3, -0.25) is 14.6 Å². The standard InChI is InChI=1S/C25H24N2O3S/c1-13-9-11-31-23(13)20-18-14-6-5-10-26-15(14)7-8-16(18)27-17-12-25(2,3)21(24(29)30-4)22(28)19(17)20/h5-11,20-21,27H,12H2,1-4H3. The Balaban J connectivity index is 1.81. The zero-order chi connectivity index (χ0) is 21.9. The van der Waals surface area contributed by atoms with Crippen molar-refractivity contribution in [2.75, 3.05) is 12.4 Å². The highest BCUT2D eigenvalue weighted by molar-refractivity contribution is 7.10. The molecule has 1 aliphatic carbocycles. The lowest BCUT2D eigenvalue weighted by Crippen LogP contribution is -2.45. The Kier molecular flexibility index (Phi) is 4.52. The van der Waals surface area contributed by atoms with Gasteiger partial charge in [0, 0.05) is 33.4 Å². The van der Waals surface area contributed by atoms with Crippen LogP contribution in [0.4, 0.5) is 5.69 Å². The number of pyridine rings is 1. The molecule has 158 valence electrons. The molecule has 2 atom stereocenters. The van der Waals surface area contributed by atoms with Crippen molar-refractivity contribution in [3.05, 3.63) is 69.2 Å². The van der Waals surface area contributed by atoms with Crippen molar-refractivity contribution in [1.82, 2.24) is 4.98 Å². The van der Waals surface area contributed by atoms with Crippen molar-refractivity contribution in [3.8, 4) is 0 Å². The first-order valence-corrected chi connectivity index (χ1v) is 11.2. The second kappa shape index (κ2) is 7.02. The molecule has 1 aliphatic heterocycles. The minimum absolute atomic E-state index is 0.144. The van der Waals surface area contributed by atoms with Crippen molar-refractivity contribution >= 4 is 39.7 Å². The van der Waals surface area contributed by atoms with E-state index in [-0.39, 0.29) is 11.7 Å². The maximum Gasteiger partial charge on any atom is 0.317 e. The maximum absolute atomic E-state index is 13.9. The Labute approximate surface area is 185 Å². The van der Waals surface area contributed by atoms with E-state index >= 15 is 0 Å². The van der Waals surface area contributed by atoms with E-state index < -0.39 is 17.3 Å². The monoisotopic (exact) mass is 432 g/mol. The zero-order valence-corrected chi connectivity index (χ0v) is 18.8. The fraction of sp³-hybridized carbons (Fsp3) is 0.320. The molecule has 0 spiro atoms. The average Bonchev–Trinajstić information content (AvgIpc) is 3.16. The highest BCUT2D eigenvalue weighted by atomic mass is 32.1. The molecular formula is C25H24N2O3S. The number of methoxy groups -OCH3 is 1. The number of nitrogens with zero attached hydrogens (tertiary/aromatic N) is 1. The van der Waals surface area contributed by atoms with Gasteiger partial charge in [0.15, 0.2) is 5.78 Å². The number of carbonyl (C=O) groups is 2. The molecule has 0 fully saturated rings. The van der Waals surface area contributed by atoms with Crippen LogP contribution >= 0.6 is 11.3 Å². The Hall–Kier alpha value is -2.99. The maximum atomic E-state index is 13.9. The molecule has 0 radical (unpaired) electrons. The van der Waals surface area contributed by atoms with Gasteiger partial charge in [0.25, 0.3) is 0 Å². The summed E-state index contributed by atoms with van der Waals surface area (Å²) in [7, 11) is 1.35. The van der Waals surface area contributed by atoms with Crippen LogP contribution in [0.1, 0.15) is 42.2 Å². The molecule has 2 aliphatic rings. The third kappa shape index (κ3) is 2.92. The van der Waals surface area contributed by atoms with Crippen molar-refractivity contribution in [2.24, 2.45) is 11.3 Å². The number of aromatic nitrogens is 1. The van der Waals surface area contributed by atoms with Crippen LogP contribution in [0, 0.1) is 18.3 Å². The lowest BCUT2D eigenvalue weighted by Gasteiger charge is -2.43. The van der Waals surface area contributed by atoms with E-state index in [0.717, 1.165) is 38.3 Å². The molecule has 2 unspecified atom stereocenters. The summed E-state index contributed by atoms with van der Waals surface area (Å²) in [6.45, 7) is 6.00. The van der Waals surface area contributed by atoms with Gasteiger partial charge in [-0.05, 0) is 59.5 Å². The van der Waals surface area contributed by atoms with E-state index in [0.29, 0.717) is 12.0 Å². The van der Waals surface area contributed by atoms with Gasteiger partial charge < -0.3 is 10.1 Å². The van der Waals surface area contributed by atoms with Crippen LogP contribution in [0.5, 0.6) is 0 Å². The normalized spacial score (nSPS) is 22.0. The molecule has 0 saturated heterocycles. The molecule has 3 heterocycles. The summed E-state index contributed by atoms with van der Waals surface area (Å²) in [6, 6.07) is 10.1. The molecule has 0 amide bonds. The predicted octanol–water partition coefficient (Wildman–Crippen LogP) is 5.20. The quantitative estimate of drug-likeness (QED) is 0.445. The minimum Gasteiger partial charge on any atom is -0.468 e. The SMILES string of the molecule is COC(=O)C1C(=O)C2=C(CC1(C)C)Nc1ccc3ncccc3c1C2c1sccc1C. The number of carbonyl (C=O) groups excluding carboxylic acids is 2. The zero-order valence-electron chi connectivity index (χ0n) is 18.0. The Morgan fingerprint density at radius 1 is 1.26 bits per heavy atom. The van der Waals surface area contributed by atoms with Gasteiger partial charge in [-0.25, -0.2) is 0 Å². The number of Topliss-reactive ketones (excluding diaryl/α,β-unsaturated/α-hetero) is 1. The lowest BCUT2D eigenvalue weighted by atomic mass is 9.63. The molecule has 5 rings (SSSR count). The second-order valence-electron chi connectivity index (χ2n) is 9.00. The van der Waals surface area contributed by atoms with Gasteiger partial charge in [0.1, 0.15) is 5.92 Å². The summed E-state index contributed by atoms with van der Waals surface area (Å²) in [5, 5.41) is 6.63. The van der Waals surface area contributed by atoms with E-state index in [9.17, 15) is 9.59 Å². The molecular weight excluding hydrogens is 408 g/mol. The number of benzene rings is 1. The number of nitrogens with one attached hydrogen (secondary N) is 1. The third-order valence-electron chi connectivity index (χ3n) is 6.56. The molecule has 6 heteroatoms. The van der Waals surface area contributed by atoms with E-state index in [4.69, 9.17) is 4.74 Å². The number of hydrogen-bond donors (Lipinski definition) is 1. The van der Waals surface area contributed by atoms with E-state index in [1.165, 1.54) is 7.11 Å². The molecule has 0 bridgehead atoms. The topological polar surface area (TPSA) is 68.3 Å². The van der Waals surface area contributed by atoms with Crippen LogP contribution in [0.2, 0.25) is 0 Å². The first-order valence-electron chi connectivity index (χ1n) is 10.4. The smallest absolute Gasteiger partial charge is 0.317 e. The molecule has 31 heavy (non-hydrogen) atoms. The van der Waals surface area contributed by atoms with Crippen molar-refractivity contribution < 1.29 is 14.3 Å². The average molecular weight is 433 g/mol. The van der Waals surface area contributed by atoms with Crippen molar-refractivity contribution in [1.29, 1.82) is 0 Å². The Morgan fingerprint density at radius 2 is 2.06 bits per heavy atom. The Bertz CT molecular complexity index is 1270. The van der Waals surface area contributed by atoms with Gasteiger partial charge >= 0.3 is 5.97 Å². The molecule has 1 aromatic carbocycles. The number of rotatable bonds is 2. The van der Waals surface area contributed by atoms with Crippen molar-refractivity contribution in [3.63, 3.8) is 0 Å². The lowest BCUT2D eigenvalue weighted by molar-refractivity contribution is -0.154.